The Balaban J connectivity index is 1.57. The monoisotopic (exact) mass is 303 g/mol. The van der Waals surface area contributed by atoms with Gasteiger partial charge in [0.1, 0.15) is 5.82 Å². The zero-order valence-corrected chi connectivity index (χ0v) is 12.7. The van der Waals surface area contributed by atoms with Crippen molar-refractivity contribution in [1.82, 2.24) is 25.1 Å². The van der Waals surface area contributed by atoms with E-state index in [-0.39, 0.29) is 17.9 Å². The van der Waals surface area contributed by atoms with Gasteiger partial charge < -0.3 is 14.6 Å². The summed E-state index contributed by atoms with van der Waals surface area (Å²) >= 11 is 0. The second-order valence-electron chi connectivity index (χ2n) is 5.53. The smallest absolute Gasteiger partial charge is 0.226 e. The quantitative estimate of drug-likeness (QED) is 0.869. The van der Waals surface area contributed by atoms with E-state index in [1.54, 1.807) is 18.6 Å². The van der Waals surface area contributed by atoms with Crippen molar-refractivity contribution < 1.29 is 9.53 Å². The molecule has 1 amide bonds. The number of carbonyl (C=O) groups is 1. The molecule has 2 atom stereocenters. The molecule has 0 radical (unpaired) electrons. The fraction of sp³-hybridized carbons (Fsp3) is 0.533. The number of aromatic amines is 1. The number of imidazole rings is 1. The maximum absolute atomic E-state index is 12.5. The zero-order chi connectivity index (χ0) is 15.4. The molecule has 0 saturated carbocycles. The lowest BCUT2D eigenvalue weighted by atomic mass is 9.90. The Hall–Kier alpha value is -2.15. The minimum Gasteiger partial charge on any atom is -0.373 e. The molecule has 3 rings (SSSR count). The first-order chi connectivity index (χ1) is 10.8. The summed E-state index contributed by atoms with van der Waals surface area (Å²) in [4.78, 5) is 16.6. The summed E-state index contributed by atoms with van der Waals surface area (Å²) in [5.74, 6) is 0.838. The summed E-state index contributed by atoms with van der Waals surface area (Å²) < 4.78 is 7.81. The Morgan fingerprint density at radius 3 is 3.23 bits per heavy atom. The predicted octanol–water partition coefficient (Wildman–Crippen LogP) is 1.20. The van der Waals surface area contributed by atoms with Gasteiger partial charge in [0, 0.05) is 43.9 Å². The van der Waals surface area contributed by atoms with Crippen LogP contribution in [-0.2, 0) is 16.1 Å². The van der Waals surface area contributed by atoms with E-state index in [0.717, 1.165) is 30.8 Å². The normalized spacial score (nSPS) is 21.7. The summed E-state index contributed by atoms with van der Waals surface area (Å²) in [6.07, 6.45) is 8.75. The van der Waals surface area contributed by atoms with Crippen molar-refractivity contribution in [2.24, 2.45) is 5.92 Å². The van der Waals surface area contributed by atoms with E-state index >= 15 is 0 Å². The Morgan fingerprint density at radius 2 is 2.50 bits per heavy atom. The molecule has 0 bridgehead atoms. The molecule has 0 aliphatic carbocycles. The molecule has 0 aromatic carbocycles. The Morgan fingerprint density at radius 1 is 1.59 bits per heavy atom. The third-order valence-corrected chi connectivity index (χ3v) is 4.08. The molecule has 2 aromatic rings. The van der Waals surface area contributed by atoms with Crippen LogP contribution in [0.4, 0.5) is 0 Å². The summed E-state index contributed by atoms with van der Waals surface area (Å²) in [7, 11) is 0. The first-order valence-electron chi connectivity index (χ1n) is 7.61. The van der Waals surface area contributed by atoms with Crippen molar-refractivity contribution >= 4 is 5.91 Å². The fourth-order valence-corrected chi connectivity index (χ4v) is 2.87. The van der Waals surface area contributed by atoms with Crippen LogP contribution in [0.1, 0.15) is 30.3 Å². The number of H-pyrrole nitrogens is 1. The van der Waals surface area contributed by atoms with Crippen LogP contribution in [0.3, 0.4) is 0 Å². The van der Waals surface area contributed by atoms with Gasteiger partial charge in [0.2, 0.25) is 5.91 Å². The summed E-state index contributed by atoms with van der Waals surface area (Å²) in [6.45, 7) is 3.95. The second-order valence-corrected chi connectivity index (χ2v) is 5.53. The molecule has 118 valence electrons. The Bertz CT molecular complexity index is 607. The van der Waals surface area contributed by atoms with E-state index in [2.05, 4.69) is 20.5 Å². The average Bonchev–Trinajstić information content (AvgIpc) is 3.19. The molecule has 1 fully saturated rings. The third kappa shape index (κ3) is 3.19. The van der Waals surface area contributed by atoms with Crippen LogP contribution < -0.4 is 5.32 Å². The molecule has 7 heteroatoms. The van der Waals surface area contributed by atoms with Crippen molar-refractivity contribution in [2.45, 2.75) is 32.4 Å². The van der Waals surface area contributed by atoms with Gasteiger partial charge in [-0.3, -0.25) is 9.89 Å². The minimum atomic E-state index is -0.206. The number of nitrogens with zero attached hydrogens (tertiary/aromatic N) is 3. The number of nitrogens with one attached hydrogen (secondary N) is 2. The van der Waals surface area contributed by atoms with E-state index in [0.29, 0.717) is 13.2 Å². The SMILES string of the molecule is Cc1nccn1CCNC(=O)[C@@H]1CCCO[C@H]1c1cn[nH]c1. The van der Waals surface area contributed by atoms with Crippen molar-refractivity contribution in [2.75, 3.05) is 13.2 Å². The highest BCUT2D eigenvalue weighted by atomic mass is 16.5. The first-order valence-corrected chi connectivity index (χ1v) is 7.61. The predicted molar refractivity (Wildman–Crippen MR) is 80.0 cm³/mol. The van der Waals surface area contributed by atoms with Crippen LogP contribution in [0, 0.1) is 12.8 Å². The van der Waals surface area contributed by atoms with Crippen LogP contribution >= 0.6 is 0 Å². The van der Waals surface area contributed by atoms with E-state index in [1.165, 1.54) is 0 Å². The summed E-state index contributed by atoms with van der Waals surface area (Å²) in [6, 6.07) is 0. The van der Waals surface area contributed by atoms with Gasteiger partial charge in [-0.15, -0.1) is 0 Å². The molecule has 3 heterocycles. The topological polar surface area (TPSA) is 84.8 Å². The highest BCUT2D eigenvalue weighted by Crippen LogP contribution is 2.33. The number of carbonyl (C=O) groups excluding carboxylic acids is 1. The number of aromatic nitrogens is 4. The molecule has 0 spiro atoms. The summed E-state index contributed by atoms with van der Waals surface area (Å²) in [5.41, 5.74) is 0.935. The number of hydrogen-bond donors (Lipinski definition) is 2. The van der Waals surface area contributed by atoms with Gasteiger partial charge >= 0.3 is 0 Å². The summed E-state index contributed by atoms with van der Waals surface area (Å²) in [5, 5.41) is 9.74. The van der Waals surface area contributed by atoms with Gasteiger partial charge in [0.25, 0.3) is 0 Å². The fourth-order valence-electron chi connectivity index (χ4n) is 2.87. The van der Waals surface area contributed by atoms with Crippen LogP contribution in [0.5, 0.6) is 0 Å². The van der Waals surface area contributed by atoms with Crippen molar-refractivity contribution in [3.63, 3.8) is 0 Å². The van der Waals surface area contributed by atoms with E-state index < -0.39 is 0 Å². The maximum Gasteiger partial charge on any atom is 0.226 e. The van der Waals surface area contributed by atoms with Crippen LogP contribution in [0.25, 0.3) is 0 Å². The molecule has 1 aliphatic heterocycles. The van der Waals surface area contributed by atoms with E-state index in [9.17, 15) is 4.79 Å². The second kappa shape index (κ2) is 6.74. The molecule has 2 aromatic heterocycles. The molecule has 2 N–H and O–H groups in total. The molecule has 1 saturated heterocycles. The van der Waals surface area contributed by atoms with Gasteiger partial charge in [-0.05, 0) is 19.8 Å². The van der Waals surface area contributed by atoms with Gasteiger partial charge in [-0.2, -0.15) is 5.10 Å². The van der Waals surface area contributed by atoms with Gasteiger partial charge in [0.05, 0.1) is 18.2 Å². The highest BCUT2D eigenvalue weighted by molar-refractivity contribution is 5.79. The maximum atomic E-state index is 12.5. The van der Waals surface area contributed by atoms with Crippen molar-refractivity contribution in [3.8, 4) is 0 Å². The van der Waals surface area contributed by atoms with Gasteiger partial charge in [-0.1, -0.05) is 0 Å². The lowest BCUT2D eigenvalue weighted by molar-refractivity contribution is -0.134. The van der Waals surface area contributed by atoms with E-state index in [4.69, 9.17) is 4.74 Å². The average molecular weight is 303 g/mol. The number of aryl methyl sites for hydroxylation is 1. The first kappa shape index (κ1) is 14.8. The molecule has 7 nitrogen and oxygen atoms in total. The highest BCUT2D eigenvalue weighted by Gasteiger charge is 2.33. The Kier molecular flexibility index (Phi) is 4.53. The van der Waals surface area contributed by atoms with Crippen molar-refractivity contribution in [1.29, 1.82) is 0 Å². The molecule has 0 unspecified atom stereocenters. The number of ether oxygens (including phenoxy) is 1. The van der Waals surface area contributed by atoms with Crippen LogP contribution in [0.15, 0.2) is 24.8 Å². The number of amides is 1. The van der Waals surface area contributed by atoms with Gasteiger partial charge in [0.15, 0.2) is 0 Å². The van der Waals surface area contributed by atoms with Crippen LogP contribution in [0.2, 0.25) is 0 Å². The minimum absolute atomic E-state index is 0.0451. The largest absolute Gasteiger partial charge is 0.373 e. The number of rotatable bonds is 5. The zero-order valence-electron chi connectivity index (χ0n) is 12.7. The molecular formula is C15H21N5O2. The van der Waals surface area contributed by atoms with Crippen LogP contribution in [-0.4, -0.2) is 38.8 Å². The van der Waals surface area contributed by atoms with E-state index in [1.807, 2.05) is 17.7 Å². The lowest BCUT2D eigenvalue weighted by Gasteiger charge is -2.30. The molecule has 1 aliphatic rings. The number of hydrogen-bond acceptors (Lipinski definition) is 4. The third-order valence-electron chi connectivity index (χ3n) is 4.08. The molecule has 22 heavy (non-hydrogen) atoms. The lowest BCUT2D eigenvalue weighted by Crippen LogP contribution is -2.38. The van der Waals surface area contributed by atoms with Gasteiger partial charge in [-0.25, -0.2) is 4.98 Å². The van der Waals surface area contributed by atoms with Crippen molar-refractivity contribution in [3.05, 3.63) is 36.2 Å². The molecular weight excluding hydrogens is 282 g/mol. The standard InChI is InChI=1S/C15H21N5O2/c1-11-16-4-6-20(11)7-5-17-15(21)13-3-2-8-22-14(13)12-9-18-19-10-12/h4,6,9-10,13-14H,2-3,5,7-8H2,1H3,(H,17,21)(H,18,19)/t13-,14+/m1/s1. The Labute approximate surface area is 129 Å².